The fraction of sp³-hybridized carbons (Fsp3) is 1.00. The Morgan fingerprint density at radius 1 is 1.06 bits per heavy atom. The minimum Gasteiger partial charge on any atom is -0.302 e. The molecule has 0 bridgehead atoms. The second kappa shape index (κ2) is 12.4. The third kappa shape index (κ3) is 12.7. The first-order valence-electron chi connectivity index (χ1n) is 3.93. The number of phosphoric ester groups is 1. The molecule has 4 nitrogen and oxygen atoms in total. The average Bonchev–Trinajstić information content (AvgIpc) is 2.22. The second-order valence-corrected chi connectivity index (χ2v) is 7.90. The molecule has 0 aliphatic heterocycles. The molecule has 2 atom stereocenters. The van der Waals surface area contributed by atoms with Gasteiger partial charge in [0.25, 0.3) is 0 Å². The summed E-state index contributed by atoms with van der Waals surface area (Å²) in [6, 6.07) is 0. The Labute approximate surface area is 172 Å². The van der Waals surface area contributed by atoms with E-state index in [-0.39, 0.29) is 74.3 Å². The van der Waals surface area contributed by atoms with Crippen molar-refractivity contribution in [2.24, 2.45) is 0 Å². The van der Waals surface area contributed by atoms with E-state index in [1.807, 2.05) is 0 Å². The van der Waals surface area contributed by atoms with Gasteiger partial charge in [-0.2, -0.15) is 0 Å². The zero-order chi connectivity index (χ0) is 11.9. The molecule has 0 heterocycles. The molecule has 0 spiro atoms. The molecule has 0 rings (SSSR count). The molecule has 0 aliphatic rings. The van der Waals surface area contributed by atoms with E-state index in [1.165, 1.54) is 0 Å². The fourth-order valence-corrected chi connectivity index (χ4v) is 2.33. The third-order valence-corrected chi connectivity index (χ3v) is 6.60. The number of rotatable bonds is 8. The van der Waals surface area contributed by atoms with E-state index in [9.17, 15) is 9.46 Å². The van der Waals surface area contributed by atoms with Crippen LogP contribution in [-0.2, 0) is 13.6 Å². The third-order valence-electron chi connectivity index (χ3n) is 1.17. The van der Waals surface area contributed by atoms with E-state index in [0.717, 1.165) is 0 Å². The Balaban J connectivity index is 0. The maximum atomic E-state index is 11.3. The number of alkyl halides is 4. The van der Waals surface area contributed by atoms with Crippen LogP contribution >= 0.6 is 71.5 Å². The summed E-state index contributed by atoms with van der Waals surface area (Å²) in [4.78, 5) is 9.21. The Kier molecular flexibility index (Phi) is 17.0. The minimum atomic E-state index is -3.93. The Bertz CT molecular complexity index is 205. The van der Waals surface area contributed by atoms with Crippen molar-refractivity contribution >= 4 is 123 Å². The van der Waals surface area contributed by atoms with Crippen LogP contribution in [0.1, 0.15) is 0 Å². The van der Waals surface area contributed by atoms with Crippen molar-refractivity contribution in [2.75, 3.05) is 23.9 Å². The molecule has 0 aliphatic carbocycles. The summed E-state index contributed by atoms with van der Waals surface area (Å²) in [5.41, 5.74) is 0. The molecule has 0 saturated heterocycles. The molecule has 0 aromatic rings. The van der Waals surface area contributed by atoms with Crippen molar-refractivity contribution in [3.05, 3.63) is 0 Å². The molecule has 0 aromatic heterocycles. The molecule has 10 heteroatoms. The van der Waals surface area contributed by atoms with Gasteiger partial charge in [0.05, 0.1) is 13.2 Å². The zero-order valence-corrected chi connectivity index (χ0v) is 19.0. The molecule has 0 aromatic carbocycles. The van der Waals surface area contributed by atoms with Crippen molar-refractivity contribution in [3.8, 4) is 0 Å². The number of hydrogen-bond donors (Lipinski definition) is 1. The summed E-state index contributed by atoms with van der Waals surface area (Å²) < 4.78 is 20.8. The monoisotopic (exact) mass is 533 g/mol. The van der Waals surface area contributed by atoms with E-state index in [0.29, 0.717) is 10.7 Å². The Morgan fingerprint density at radius 2 is 1.38 bits per heavy atom. The van der Waals surface area contributed by atoms with Gasteiger partial charge in [-0.25, -0.2) is 4.57 Å². The second-order valence-electron chi connectivity index (χ2n) is 2.56. The van der Waals surface area contributed by atoms with Gasteiger partial charge in [0, 0.05) is 71.7 Å². The van der Waals surface area contributed by atoms with Gasteiger partial charge in [-0.05, 0) is 0 Å². The first-order valence-corrected chi connectivity index (χ1v) is 9.50. The first-order chi connectivity index (χ1) is 6.91. The summed E-state index contributed by atoms with van der Waals surface area (Å²) >= 11 is 12.9. The van der Waals surface area contributed by atoms with Gasteiger partial charge in [0.15, 0.2) is 0 Å². The quantitative estimate of drug-likeness (QED) is 0.294. The molecule has 16 heavy (non-hydrogen) atoms. The van der Waals surface area contributed by atoms with Gasteiger partial charge in [-0.1, -0.05) is 63.7 Å². The molecule has 1 radical (unpaired) electrons. The van der Waals surface area contributed by atoms with E-state index in [1.54, 1.807) is 0 Å². The Hall–Kier alpha value is 3.67. The molecule has 0 saturated carbocycles. The number of hydrogen-bond acceptors (Lipinski definition) is 3. The minimum absolute atomic E-state index is 0. The summed E-state index contributed by atoms with van der Waals surface area (Å²) in [6.07, 6.45) is 0. The van der Waals surface area contributed by atoms with Gasteiger partial charge in [0.1, 0.15) is 0 Å². The maximum Gasteiger partial charge on any atom is 0.472 e. The SMILES string of the molecule is O=P(O)(OCC(Br)CBr)OCC(Br)CBr.[K]. The average molecular weight is 537 g/mol. The van der Waals surface area contributed by atoms with Crippen molar-refractivity contribution in [1.82, 2.24) is 0 Å². The van der Waals surface area contributed by atoms with Crippen molar-refractivity contribution in [2.45, 2.75) is 9.65 Å². The van der Waals surface area contributed by atoms with Crippen LogP contribution in [0.3, 0.4) is 0 Å². The normalized spacial score (nSPS) is 18.3. The molecule has 93 valence electrons. The standard InChI is InChI=1S/C6H11Br4O4P.K/c7-1-5(9)3-13-15(11,12)14-4-6(10)2-8;/h5-6H,1-4H2,(H,11,12);. The van der Waals surface area contributed by atoms with Crippen molar-refractivity contribution in [1.29, 1.82) is 0 Å². The smallest absolute Gasteiger partial charge is 0.302 e. The van der Waals surface area contributed by atoms with E-state index in [4.69, 9.17) is 9.05 Å². The van der Waals surface area contributed by atoms with Crippen LogP contribution in [0.5, 0.6) is 0 Å². The van der Waals surface area contributed by atoms with Gasteiger partial charge in [0.2, 0.25) is 0 Å². The molecular formula is C6H11Br4KO4P. The predicted octanol–water partition coefficient (Wildman–Crippen LogP) is 3.06. The van der Waals surface area contributed by atoms with Crippen molar-refractivity contribution < 1.29 is 18.5 Å². The fourth-order valence-electron chi connectivity index (χ4n) is 0.476. The Morgan fingerprint density at radius 3 is 1.62 bits per heavy atom. The summed E-state index contributed by atoms with van der Waals surface area (Å²) in [5, 5.41) is 1.27. The van der Waals surface area contributed by atoms with Crippen LogP contribution in [0.25, 0.3) is 0 Å². The molecule has 0 amide bonds. The van der Waals surface area contributed by atoms with Crippen LogP contribution in [0.4, 0.5) is 0 Å². The topological polar surface area (TPSA) is 55.8 Å². The van der Waals surface area contributed by atoms with Crippen LogP contribution in [0.2, 0.25) is 0 Å². The van der Waals surface area contributed by atoms with Gasteiger partial charge < -0.3 is 4.89 Å². The van der Waals surface area contributed by atoms with Crippen molar-refractivity contribution in [3.63, 3.8) is 0 Å². The molecular weight excluding hydrogens is 526 g/mol. The summed E-state index contributed by atoms with van der Waals surface area (Å²) in [6.45, 7) is 0.223. The maximum absolute atomic E-state index is 11.3. The number of halogens is 4. The largest absolute Gasteiger partial charge is 0.472 e. The molecule has 2 unspecified atom stereocenters. The van der Waals surface area contributed by atoms with Crippen LogP contribution in [0.15, 0.2) is 0 Å². The van der Waals surface area contributed by atoms with Crippen LogP contribution < -0.4 is 0 Å². The van der Waals surface area contributed by atoms with Gasteiger partial charge in [-0.3, -0.25) is 9.05 Å². The molecule has 1 N–H and O–H groups in total. The van der Waals surface area contributed by atoms with Crippen LogP contribution in [-0.4, -0.2) is 89.8 Å². The van der Waals surface area contributed by atoms with Crippen LogP contribution in [0, 0.1) is 0 Å². The molecule has 0 fully saturated rings. The summed E-state index contributed by atoms with van der Waals surface area (Å²) in [5.74, 6) is 0. The number of phosphoric acid groups is 1. The first kappa shape index (κ1) is 22.0. The van der Waals surface area contributed by atoms with E-state index in [2.05, 4.69) is 63.7 Å². The summed E-state index contributed by atoms with van der Waals surface area (Å²) in [7, 11) is -3.93. The zero-order valence-electron chi connectivity index (χ0n) is 8.61. The van der Waals surface area contributed by atoms with E-state index < -0.39 is 7.82 Å². The predicted molar refractivity (Wildman–Crippen MR) is 80.5 cm³/mol. The van der Waals surface area contributed by atoms with E-state index >= 15 is 0 Å². The van der Waals surface area contributed by atoms with Gasteiger partial charge >= 0.3 is 7.82 Å². The van der Waals surface area contributed by atoms with Gasteiger partial charge in [-0.15, -0.1) is 0 Å².